The maximum absolute atomic E-state index is 6.53. The Bertz CT molecular complexity index is 3910. The number of rotatable bonds is 7. The van der Waals surface area contributed by atoms with Gasteiger partial charge in [-0.2, -0.15) is 53.6 Å². The molecule has 0 N–H and O–H groups in total. The number of pyridine rings is 1. The summed E-state index contributed by atoms with van der Waals surface area (Å²) in [5.74, 6) is 0.753. The molecule has 0 aliphatic carbocycles. The molecule has 0 aliphatic heterocycles. The van der Waals surface area contributed by atoms with Crippen LogP contribution in [0.25, 0.3) is 94.2 Å². The van der Waals surface area contributed by atoms with Crippen LogP contribution in [0.2, 0.25) is 0 Å². The smallest absolute Gasteiger partial charge is 0.268 e. The fourth-order valence-electron chi connectivity index (χ4n) is 10.2. The standard InChI is InChI=1S/C63H50N4O.Pt/c1-62(2,3)44-32-30-43(31-33-44)46-22-16-23-51(47-19-7-10-24-53(47)63(4,5)6)59(46)66-40-65(55-26-12-13-27-56(55)66)45-18-15-17-41(38-45)37-42-29-34-49-48-20-8-11-25-54(48)67(57(49)39-42)61-60-52(35-36-64-61)50-21-9-14-28-58(50)68-60;/h7-36H,37H2,1-6H3;/q-2;. The summed E-state index contributed by atoms with van der Waals surface area (Å²) in [5, 5.41) is 4.38. The molecule has 0 bridgehead atoms. The Balaban J connectivity index is 0.00000520. The third-order valence-corrected chi connectivity index (χ3v) is 13.5. The maximum atomic E-state index is 6.53. The van der Waals surface area contributed by atoms with Crippen molar-refractivity contribution in [2.24, 2.45) is 0 Å². The third-order valence-electron chi connectivity index (χ3n) is 13.5. The minimum atomic E-state index is -0.0754. The van der Waals surface area contributed by atoms with E-state index in [1.165, 1.54) is 16.7 Å². The molecule has 0 aliphatic rings. The van der Waals surface area contributed by atoms with Crippen molar-refractivity contribution >= 4 is 54.8 Å². The molecule has 12 rings (SSSR count). The van der Waals surface area contributed by atoms with Crippen LogP contribution < -0.4 is 4.57 Å². The van der Waals surface area contributed by atoms with Gasteiger partial charge < -0.3 is 13.6 Å². The van der Waals surface area contributed by atoms with Gasteiger partial charge in [-0.05, 0) is 79.9 Å². The average Bonchev–Trinajstić information content (AvgIpc) is 4.03. The maximum Gasteiger partial charge on any atom is 0.268 e. The Morgan fingerprint density at radius 1 is 0.551 bits per heavy atom. The molecule has 6 heteroatoms. The molecule has 12 aromatic rings. The quantitative estimate of drug-likeness (QED) is 0.118. The summed E-state index contributed by atoms with van der Waals surface area (Å²) >= 11 is 0. The van der Waals surface area contributed by atoms with Crippen LogP contribution >= 0.6 is 0 Å². The molecule has 0 saturated heterocycles. The number of benzene rings is 8. The number of para-hydroxylation sites is 5. The fraction of sp³-hybridized carbons (Fsp3) is 0.143. The number of hydrogen-bond acceptors (Lipinski definition) is 2. The number of imidazole rings is 1. The van der Waals surface area contributed by atoms with Crippen molar-refractivity contribution in [3.63, 3.8) is 0 Å². The Labute approximate surface area is 417 Å². The van der Waals surface area contributed by atoms with E-state index in [1.54, 1.807) is 0 Å². The van der Waals surface area contributed by atoms with Crippen LogP contribution in [0.1, 0.15) is 63.8 Å². The van der Waals surface area contributed by atoms with Crippen LogP contribution in [-0.2, 0) is 38.3 Å². The van der Waals surface area contributed by atoms with Crippen molar-refractivity contribution in [3.8, 4) is 39.4 Å². The second kappa shape index (κ2) is 17.0. The Morgan fingerprint density at radius 2 is 1.23 bits per heavy atom. The summed E-state index contributed by atoms with van der Waals surface area (Å²) in [5.41, 5.74) is 17.1. The van der Waals surface area contributed by atoms with Crippen LogP contribution in [0.4, 0.5) is 0 Å². The second-order valence-corrected chi connectivity index (χ2v) is 20.0. The van der Waals surface area contributed by atoms with Crippen LogP contribution in [0, 0.1) is 18.5 Å². The van der Waals surface area contributed by atoms with Crippen LogP contribution in [-0.4, -0.2) is 14.1 Å². The van der Waals surface area contributed by atoms with Gasteiger partial charge >= 0.3 is 0 Å². The van der Waals surface area contributed by atoms with Gasteiger partial charge in [-0.1, -0.05) is 174 Å². The molecule has 0 atom stereocenters. The fourth-order valence-corrected chi connectivity index (χ4v) is 10.2. The van der Waals surface area contributed by atoms with Crippen molar-refractivity contribution in [2.45, 2.75) is 58.8 Å². The third kappa shape index (κ3) is 7.61. The molecular weight excluding hydrogens is 1020 g/mol. The Hall–Kier alpha value is -7.33. The zero-order valence-electron chi connectivity index (χ0n) is 39.5. The Kier molecular flexibility index (Phi) is 10.9. The molecule has 0 saturated carbocycles. The first kappa shape index (κ1) is 44.2. The van der Waals surface area contributed by atoms with Crippen LogP contribution in [0.5, 0.6) is 0 Å². The van der Waals surface area contributed by atoms with Crippen molar-refractivity contribution < 1.29 is 30.0 Å². The molecule has 5 nitrogen and oxygen atoms in total. The molecule has 4 heterocycles. The average molecular weight is 1070 g/mol. The van der Waals surface area contributed by atoms with E-state index in [9.17, 15) is 0 Å². The van der Waals surface area contributed by atoms with Crippen LogP contribution in [0.15, 0.2) is 187 Å². The molecule has 0 spiro atoms. The van der Waals surface area contributed by atoms with E-state index in [0.29, 0.717) is 6.42 Å². The Morgan fingerprint density at radius 3 is 2.04 bits per heavy atom. The van der Waals surface area contributed by atoms with Crippen molar-refractivity contribution in [1.29, 1.82) is 0 Å². The van der Waals surface area contributed by atoms with Gasteiger partial charge in [-0.15, -0.1) is 5.39 Å². The SMILES string of the molecule is CC(C)(C)c1ccc(-c2cccc(-c3ccccc3C(C)(C)C)c2-[n+]2[c-]n(-c3[c-]c(Cc4[c-]c5c(cc4)c4ccccc4n5-c4nccc5c4oc4ccccc45)ccc3)c3ccccc32)cc1.[Pt]. The van der Waals surface area contributed by atoms with Crippen LogP contribution in [0.3, 0.4) is 0 Å². The van der Waals surface area contributed by atoms with E-state index in [0.717, 1.165) is 99.8 Å². The minimum Gasteiger partial charge on any atom is -0.452 e. The molecule has 0 unspecified atom stereocenters. The predicted octanol–water partition coefficient (Wildman–Crippen LogP) is 15.2. The van der Waals surface area contributed by atoms with E-state index >= 15 is 0 Å². The molecule has 0 radical (unpaired) electrons. The van der Waals surface area contributed by atoms with Crippen molar-refractivity contribution in [3.05, 3.63) is 223 Å². The zero-order chi connectivity index (χ0) is 46.3. The van der Waals surface area contributed by atoms with Gasteiger partial charge in [0.2, 0.25) is 0 Å². The van der Waals surface area contributed by atoms with Gasteiger partial charge in [0.1, 0.15) is 5.58 Å². The van der Waals surface area contributed by atoms with E-state index in [1.807, 2.05) is 24.4 Å². The van der Waals surface area contributed by atoms with Gasteiger partial charge in [-0.25, -0.2) is 4.98 Å². The van der Waals surface area contributed by atoms with Gasteiger partial charge in [0.25, 0.3) is 6.33 Å². The van der Waals surface area contributed by atoms with Crippen molar-refractivity contribution in [2.75, 3.05) is 0 Å². The van der Waals surface area contributed by atoms with Gasteiger partial charge in [0.05, 0.1) is 16.7 Å². The molecule has 340 valence electrons. The van der Waals surface area contributed by atoms with Gasteiger partial charge in [-0.3, -0.25) is 4.57 Å². The first-order valence-corrected chi connectivity index (χ1v) is 23.5. The summed E-state index contributed by atoms with van der Waals surface area (Å²) < 4.78 is 13.2. The minimum absolute atomic E-state index is 0. The molecule has 8 aromatic carbocycles. The van der Waals surface area contributed by atoms with E-state index in [-0.39, 0.29) is 31.9 Å². The molecule has 0 fully saturated rings. The van der Waals surface area contributed by atoms with E-state index in [4.69, 9.17) is 9.40 Å². The normalized spacial score (nSPS) is 12.1. The molecule has 4 aromatic heterocycles. The second-order valence-electron chi connectivity index (χ2n) is 20.0. The summed E-state index contributed by atoms with van der Waals surface area (Å²) in [7, 11) is 0. The van der Waals surface area contributed by atoms with Gasteiger partial charge in [0, 0.05) is 43.6 Å². The number of nitrogens with zero attached hydrogens (tertiary/aromatic N) is 4. The number of fused-ring (bicyclic) bond motifs is 7. The molecular formula is C63H50N4OPt-2. The summed E-state index contributed by atoms with van der Waals surface area (Å²) in [6.45, 7) is 13.7. The number of hydrogen-bond donors (Lipinski definition) is 0. The predicted molar refractivity (Wildman–Crippen MR) is 278 cm³/mol. The summed E-state index contributed by atoms with van der Waals surface area (Å²) in [4.78, 5) is 4.96. The first-order chi connectivity index (χ1) is 33.0. The summed E-state index contributed by atoms with van der Waals surface area (Å²) in [6, 6.07) is 70.6. The number of furan rings is 1. The van der Waals surface area contributed by atoms with E-state index < -0.39 is 0 Å². The largest absolute Gasteiger partial charge is 0.452 e. The topological polar surface area (TPSA) is 39.8 Å². The number of aromatic nitrogens is 4. The monoisotopic (exact) mass is 1070 g/mol. The molecule has 69 heavy (non-hydrogen) atoms. The van der Waals surface area contributed by atoms with E-state index in [2.05, 4.69) is 231 Å². The molecule has 0 amide bonds. The summed E-state index contributed by atoms with van der Waals surface area (Å²) in [6.07, 6.45) is 6.40. The first-order valence-electron chi connectivity index (χ1n) is 23.5. The zero-order valence-corrected chi connectivity index (χ0v) is 41.8. The van der Waals surface area contributed by atoms with Gasteiger partial charge in [0.15, 0.2) is 11.4 Å². The van der Waals surface area contributed by atoms with Crippen molar-refractivity contribution in [1.82, 2.24) is 14.1 Å².